The van der Waals surface area contributed by atoms with E-state index in [1.54, 1.807) is 38.5 Å². The van der Waals surface area contributed by atoms with Gasteiger partial charge in [-0.2, -0.15) is 0 Å². The molecule has 0 unspecified atom stereocenters. The summed E-state index contributed by atoms with van der Waals surface area (Å²) >= 11 is 0. The lowest BCUT2D eigenvalue weighted by Crippen LogP contribution is -2.45. The van der Waals surface area contributed by atoms with Crippen molar-refractivity contribution in [2.75, 3.05) is 39.9 Å². The second kappa shape index (κ2) is 7.47. The molecule has 0 saturated carbocycles. The monoisotopic (exact) mass is 385 g/mol. The van der Waals surface area contributed by atoms with E-state index in [0.29, 0.717) is 22.9 Å². The predicted molar refractivity (Wildman–Crippen MR) is 103 cm³/mol. The first kappa shape index (κ1) is 18.2. The number of urea groups is 1. The molecule has 2 aromatic carbocycles. The van der Waals surface area contributed by atoms with E-state index in [-0.39, 0.29) is 19.0 Å². The molecule has 8 nitrogen and oxygen atoms in total. The van der Waals surface area contributed by atoms with Gasteiger partial charge in [-0.3, -0.25) is 4.90 Å². The number of likely N-dealkylation sites (N-methyl/N-ethyl adjacent to an activating group) is 1. The fraction of sp³-hybridized carbons (Fsp3) is 0.350. The number of rotatable bonds is 4. The summed E-state index contributed by atoms with van der Waals surface area (Å²) in [5, 5.41) is 5.89. The minimum absolute atomic E-state index is 0.167. The third-order valence-electron chi connectivity index (χ3n) is 5.01. The van der Waals surface area contributed by atoms with Gasteiger partial charge in [0.15, 0.2) is 11.5 Å². The maximum Gasteiger partial charge on any atom is 0.320 e. The van der Waals surface area contributed by atoms with Crippen molar-refractivity contribution in [3.8, 4) is 23.0 Å². The van der Waals surface area contributed by atoms with Gasteiger partial charge in [0.05, 0.1) is 14.2 Å². The van der Waals surface area contributed by atoms with Crippen molar-refractivity contribution in [3.63, 3.8) is 0 Å². The van der Waals surface area contributed by atoms with Gasteiger partial charge in [-0.1, -0.05) is 0 Å². The molecule has 0 aromatic heterocycles. The summed E-state index contributed by atoms with van der Waals surface area (Å²) in [7, 11) is 5.16. The average molecular weight is 385 g/mol. The molecule has 0 bridgehead atoms. The van der Waals surface area contributed by atoms with Crippen molar-refractivity contribution in [1.29, 1.82) is 0 Å². The smallest absolute Gasteiger partial charge is 0.320 e. The summed E-state index contributed by atoms with van der Waals surface area (Å²) in [5.74, 6) is 2.60. The van der Waals surface area contributed by atoms with Gasteiger partial charge in [0.1, 0.15) is 11.9 Å². The third-order valence-corrected chi connectivity index (χ3v) is 5.01. The number of anilines is 1. The molecule has 0 aliphatic carbocycles. The maximum atomic E-state index is 12.6. The Morgan fingerprint density at radius 1 is 1.18 bits per heavy atom. The number of hydrogen-bond acceptors (Lipinski definition) is 6. The van der Waals surface area contributed by atoms with Crippen molar-refractivity contribution >= 4 is 11.7 Å². The molecule has 0 radical (unpaired) electrons. The highest BCUT2D eigenvalue weighted by molar-refractivity contribution is 5.89. The predicted octanol–water partition coefficient (Wildman–Crippen LogP) is 2.74. The number of amides is 2. The SMILES string of the molecule is COc1ccc(NC(=O)N[C@H]2c3c(cc4c(c3OC)OCO4)CCN2C)cc1. The third kappa shape index (κ3) is 3.27. The Morgan fingerprint density at radius 3 is 2.68 bits per heavy atom. The van der Waals surface area contributed by atoms with Crippen molar-refractivity contribution in [1.82, 2.24) is 10.2 Å². The van der Waals surface area contributed by atoms with Crippen LogP contribution in [-0.2, 0) is 6.42 Å². The standard InChI is InChI=1S/C20H23N3O5/c1-23-9-8-12-10-15-17(28-11-27-15)18(26-3)16(12)19(23)22-20(24)21-13-4-6-14(25-2)7-5-13/h4-7,10,19H,8-9,11H2,1-3H3,(H2,21,22,24)/t19-/m1/s1. The zero-order valence-corrected chi connectivity index (χ0v) is 16.1. The Labute approximate surface area is 163 Å². The fourth-order valence-corrected chi connectivity index (χ4v) is 3.58. The van der Waals surface area contributed by atoms with Gasteiger partial charge < -0.3 is 29.6 Å². The number of nitrogens with one attached hydrogen (secondary N) is 2. The van der Waals surface area contributed by atoms with Crippen LogP contribution < -0.4 is 29.6 Å². The van der Waals surface area contributed by atoms with Crippen LogP contribution in [0, 0.1) is 0 Å². The fourth-order valence-electron chi connectivity index (χ4n) is 3.58. The number of methoxy groups -OCH3 is 2. The Morgan fingerprint density at radius 2 is 1.96 bits per heavy atom. The van der Waals surface area contributed by atoms with Crippen LogP contribution in [0.1, 0.15) is 17.3 Å². The molecular formula is C20H23N3O5. The van der Waals surface area contributed by atoms with Gasteiger partial charge in [0.25, 0.3) is 0 Å². The van der Waals surface area contributed by atoms with Gasteiger partial charge in [-0.15, -0.1) is 0 Å². The first-order valence-electron chi connectivity index (χ1n) is 9.02. The van der Waals surface area contributed by atoms with E-state index in [1.807, 2.05) is 13.1 Å². The van der Waals surface area contributed by atoms with Crippen LogP contribution in [0.25, 0.3) is 0 Å². The summed E-state index contributed by atoms with van der Waals surface area (Å²) in [4.78, 5) is 14.7. The molecule has 2 aliphatic rings. The molecule has 2 amide bonds. The second-order valence-electron chi connectivity index (χ2n) is 6.68. The largest absolute Gasteiger partial charge is 0.497 e. The maximum absolute atomic E-state index is 12.6. The van der Waals surface area contributed by atoms with Crippen LogP contribution in [0.4, 0.5) is 10.5 Å². The van der Waals surface area contributed by atoms with E-state index in [9.17, 15) is 4.79 Å². The molecular weight excluding hydrogens is 362 g/mol. The lowest BCUT2D eigenvalue weighted by Gasteiger charge is -2.36. The highest BCUT2D eigenvalue weighted by Gasteiger charge is 2.34. The summed E-state index contributed by atoms with van der Waals surface area (Å²) in [6, 6.07) is 8.83. The number of carbonyl (C=O) groups is 1. The number of ether oxygens (including phenoxy) is 4. The lowest BCUT2D eigenvalue weighted by molar-refractivity contribution is 0.169. The Bertz CT molecular complexity index is 884. The Hall–Kier alpha value is -3.13. The molecule has 28 heavy (non-hydrogen) atoms. The number of carbonyl (C=O) groups excluding carboxylic acids is 1. The zero-order chi connectivity index (χ0) is 19.7. The van der Waals surface area contributed by atoms with E-state index in [2.05, 4.69) is 15.5 Å². The molecule has 148 valence electrons. The molecule has 2 heterocycles. The molecule has 2 aliphatic heterocycles. The highest BCUT2D eigenvalue weighted by Crippen LogP contribution is 2.48. The van der Waals surface area contributed by atoms with Crippen LogP contribution in [0.3, 0.4) is 0 Å². The van der Waals surface area contributed by atoms with Crippen LogP contribution in [0.2, 0.25) is 0 Å². The molecule has 0 saturated heterocycles. The average Bonchev–Trinajstić information content (AvgIpc) is 3.17. The summed E-state index contributed by atoms with van der Waals surface area (Å²) < 4.78 is 21.9. The molecule has 2 N–H and O–H groups in total. The highest BCUT2D eigenvalue weighted by atomic mass is 16.7. The van der Waals surface area contributed by atoms with E-state index in [1.165, 1.54) is 0 Å². The van der Waals surface area contributed by atoms with Crippen LogP contribution in [0.15, 0.2) is 30.3 Å². The topological polar surface area (TPSA) is 81.3 Å². The lowest BCUT2D eigenvalue weighted by atomic mass is 9.95. The normalized spacial score (nSPS) is 17.6. The molecule has 8 heteroatoms. The summed E-state index contributed by atoms with van der Waals surface area (Å²) in [6.45, 7) is 0.962. The van der Waals surface area contributed by atoms with Crippen LogP contribution >= 0.6 is 0 Å². The van der Waals surface area contributed by atoms with E-state index in [0.717, 1.165) is 29.8 Å². The Balaban J connectivity index is 1.59. The van der Waals surface area contributed by atoms with Gasteiger partial charge in [0, 0.05) is 17.8 Å². The molecule has 1 atom stereocenters. The molecule has 0 spiro atoms. The van der Waals surface area contributed by atoms with Crippen molar-refractivity contribution in [2.45, 2.75) is 12.6 Å². The van der Waals surface area contributed by atoms with Crippen LogP contribution in [-0.4, -0.2) is 45.5 Å². The minimum Gasteiger partial charge on any atom is -0.497 e. The first-order valence-corrected chi connectivity index (χ1v) is 9.02. The van der Waals surface area contributed by atoms with Crippen LogP contribution in [0.5, 0.6) is 23.0 Å². The molecule has 2 aromatic rings. The number of benzene rings is 2. The van der Waals surface area contributed by atoms with Gasteiger partial charge >= 0.3 is 6.03 Å². The molecule has 4 rings (SSSR count). The number of nitrogens with zero attached hydrogens (tertiary/aromatic N) is 1. The zero-order valence-electron chi connectivity index (χ0n) is 16.1. The minimum atomic E-state index is -0.355. The van der Waals surface area contributed by atoms with Crippen molar-refractivity contribution < 1.29 is 23.7 Å². The van der Waals surface area contributed by atoms with Gasteiger partial charge in [-0.25, -0.2) is 4.79 Å². The quantitative estimate of drug-likeness (QED) is 0.842. The van der Waals surface area contributed by atoms with Gasteiger partial charge in [0.2, 0.25) is 12.5 Å². The summed E-state index contributed by atoms with van der Waals surface area (Å²) in [5.41, 5.74) is 2.65. The van der Waals surface area contributed by atoms with E-state index >= 15 is 0 Å². The molecule has 0 fully saturated rings. The van der Waals surface area contributed by atoms with E-state index < -0.39 is 0 Å². The number of hydrogen-bond donors (Lipinski definition) is 2. The van der Waals surface area contributed by atoms with Crippen molar-refractivity contribution in [3.05, 3.63) is 41.5 Å². The van der Waals surface area contributed by atoms with E-state index in [4.69, 9.17) is 18.9 Å². The summed E-state index contributed by atoms with van der Waals surface area (Å²) in [6.07, 6.45) is 0.475. The van der Waals surface area contributed by atoms with Gasteiger partial charge in [-0.05, 0) is 49.4 Å². The van der Waals surface area contributed by atoms with Crippen molar-refractivity contribution in [2.24, 2.45) is 0 Å². The second-order valence-corrected chi connectivity index (χ2v) is 6.68. The first-order chi connectivity index (χ1) is 13.6. The number of fused-ring (bicyclic) bond motifs is 2. The Kier molecular flexibility index (Phi) is 4.87.